The molecule has 0 fully saturated rings. The maximum Gasteiger partial charge on any atom is 0.262 e. The number of carbonyl (C=O) groups excluding carboxylic acids is 1. The molecule has 4 aromatic rings. The summed E-state index contributed by atoms with van der Waals surface area (Å²) >= 11 is 0. The Balaban J connectivity index is 1.33. The molecule has 0 unspecified atom stereocenters. The number of carbonyl (C=O) groups is 1. The largest absolute Gasteiger partial charge is 0.484 e. The van der Waals surface area contributed by atoms with Crippen LogP contribution >= 0.6 is 0 Å². The predicted octanol–water partition coefficient (Wildman–Crippen LogP) is 5.05. The molecular formula is C24H22N2O3. The molecule has 0 atom stereocenters. The van der Waals surface area contributed by atoms with Crippen LogP contribution in [0.4, 0.5) is 5.69 Å². The number of hydrogen-bond donors (Lipinski definition) is 1. The van der Waals surface area contributed by atoms with E-state index < -0.39 is 0 Å². The number of aromatic nitrogens is 1. The van der Waals surface area contributed by atoms with Gasteiger partial charge in [0.25, 0.3) is 5.91 Å². The van der Waals surface area contributed by atoms with Gasteiger partial charge in [-0.15, -0.1) is 0 Å². The Morgan fingerprint density at radius 1 is 1.00 bits per heavy atom. The summed E-state index contributed by atoms with van der Waals surface area (Å²) in [4.78, 5) is 16.7. The maximum atomic E-state index is 12.2. The first kappa shape index (κ1) is 18.7. The molecule has 0 saturated heterocycles. The van der Waals surface area contributed by atoms with Gasteiger partial charge in [-0.05, 0) is 66.9 Å². The van der Waals surface area contributed by atoms with Crippen LogP contribution < -0.4 is 10.1 Å². The second-order valence-electron chi connectivity index (χ2n) is 7.11. The highest BCUT2D eigenvalue weighted by Gasteiger charge is 2.08. The normalized spacial score (nSPS) is 10.8. The van der Waals surface area contributed by atoms with Gasteiger partial charge in [-0.25, -0.2) is 4.98 Å². The van der Waals surface area contributed by atoms with Crippen LogP contribution in [0.15, 0.2) is 71.1 Å². The Kier molecular flexibility index (Phi) is 5.29. The van der Waals surface area contributed by atoms with Crippen molar-refractivity contribution in [1.29, 1.82) is 0 Å². The molecule has 0 bridgehead atoms. The molecule has 0 radical (unpaired) electrons. The van der Waals surface area contributed by atoms with Crippen molar-refractivity contribution in [2.75, 3.05) is 11.9 Å². The summed E-state index contributed by atoms with van der Waals surface area (Å²) in [6, 6.07) is 21.3. The van der Waals surface area contributed by atoms with Crippen molar-refractivity contribution in [3.8, 4) is 5.75 Å². The van der Waals surface area contributed by atoms with Crippen molar-refractivity contribution in [3.05, 3.63) is 89.3 Å². The van der Waals surface area contributed by atoms with Crippen LogP contribution in [0.25, 0.3) is 11.1 Å². The number of oxazole rings is 1. The number of rotatable bonds is 6. The van der Waals surface area contributed by atoms with Crippen LogP contribution in [0.1, 0.15) is 22.6 Å². The number of aryl methyl sites for hydroxylation is 2. The maximum absolute atomic E-state index is 12.2. The van der Waals surface area contributed by atoms with Crippen molar-refractivity contribution in [1.82, 2.24) is 4.98 Å². The van der Waals surface area contributed by atoms with Crippen molar-refractivity contribution in [2.24, 2.45) is 0 Å². The molecule has 29 heavy (non-hydrogen) atoms. The number of anilines is 1. The quantitative estimate of drug-likeness (QED) is 0.503. The van der Waals surface area contributed by atoms with E-state index in [1.165, 1.54) is 0 Å². The van der Waals surface area contributed by atoms with E-state index in [1.807, 2.05) is 74.5 Å². The van der Waals surface area contributed by atoms with Crippen LogP contribution in [0.5, 0.6) is 5.75 Å². The summed E-state index contributed by atoms with van der Waals surface area (Å²) in [5.41, 5.74) is 5.64. The summed E-state index contributed by atoms with van der Waals surface area (Å²) in [6.07, 6.45) is 0.596. The number of ether oxygens (including phenoxy) is 1. The monoisotopic (exact) mass is 386 g/mol. The molecule has 1 N–H and O–H groups in total. The molecule has 1 amide bonds. The highest BCUT2D eigenvalue weighted by atomic mass is 16.5. The number of benzene rings is 3. The van der Waals surface area contributed by atoms with Crippen LogP contribution in [0.2, 0.25) is 0 Å². The number of nitrogens with zero attached hydrogens (tertiary/aromatic N) is 1. The van der Waals surface area contributed by atoms with Gasteiger partial charge in [0.1, 0.15) is 11.3 Å². The number of amides is 1. The van der Waals surface area contributed by atoms with Gasteiger partial charge in [0, 0.05) is 12.1 Å². The highest BCUT2D eigenvalue weighted by Crippen LogP contribution is 2.19. The Morgan fingerprint density at radius 2 is 1.72 bits per heavy atom. The topological polar surface area (TPSA) is 64.4 Å². The predicted molar refractivity (Wildman–Crippen MR) is 113 cm³/mol. The Labute approximate surface area is 169 Å². The lowest BCUT2D eigenvalue weighted by atomic mass is 10.1. The zero-order chi connectivity index (χ0) is 20.2. The van der Waals surface area contributed by atoms with Gasteiger partial charge in [0.15, 0.2) is 18.1 Å². The van der Waals surface area contributed by atoms with Gasteiger partial charge in [-0.2, -0.15) is 0 Å². The van der Waals surface area contributed by atoms with Crippen molar-refractivity contribution >= 4 is 22.7 Å². The molecule has 0 aliphatic carbocycles. The van der Waals surface area contributed by atoms with E-state index in [-0.39, 0.29) is 12.5 Å². The van der Waals surface area contributed by atoms with Crippen molar-refractivity contribution in [2.45, 2.75) is 20.3 Å². The van der Waals surface area contributed by atoms with Crippen LogP contribution in [-0.4, -0.2) is 17.5 Å². The Bertz CT molecular complexity index is 1090. The van der Waals surface area contributed by atoms with E-state index in [2.05, 4.69) is 16.4 Å². The minimum absolute atomic E-state index is 0.0342. The molecule has 5 heteroatoms. The summed E-state index contributed by atoms with van der Waals surface area (Å²) in [5.74, 6) is 1.17. The van der Waals surface area contributed by atoms with Crippen molar-refractivity contribution < 1.29 is 13.9 Å². The average molecular weight is 386 g/mol. The Morgan fingerprint density at radius 3 is 2.45 bits per heavy atom. The van der Waals surface area contributed by atoms with E-state index in [9.17, 15) is 4.79 Å². The zero-order valence-corrected chi connectivity index (χ0v) is 16.4. The smallest absolute Gasteiger partial charge is 0.262 e. The molecule has 5 nitrogen and oxygen atoms in total. The molecule has 0 saturated carbocycles. The minimum Gasteiger partial charge on any atom is -0.484 e. The van der Waals surface area contributed by atoms with E-state index in [0.29, 0.717) is 18.1 Å². The summed E-state index contributed by atoms with van der Waals surface area (Å²) in [7, 11) is 0. The van der Waals surface area contributed by atoms with Gasteiger partial charge in [0.05, 0.1) is 0 Å². The molecular weight excluding hydrogens is 364 g/mol. The third-order valence-corrected chi connectivity index (χ3v) is 4.50. The molecule has 0 spiro atoms. The first-order valence-electron chi connectivity index (χ1n) is 9.49. The minimum atomic E-state index is -0.198. The molecule has 1 aromatic heterocycles. The molecule has 0 aliphatic rings. The third-order valence-electron chi connectivity index (χ3n) is 4.50. The molecule has 3 aromatic carbocycles. The lowest BCUT2D eigenvalue weighted by Crippen LogP contribution is -2.20. The standard InChI is InChI=1S/C24H22N2O3/c1-16-11-17(2)13-20(12-16)28-15-23(27)25-19-9-7-18(8-10-19)14-24-26-21-5-3-4-6-22(21)29-24/h3-13H,14-15H2,1-2H3,(H,25,27). The lowest BCUT2D eigenvalue weighted by Gasteiger charge is -2.09. The van der Waals surface area contributed by atoms with Crippen LogP contribution in [-0.2, 0) is 11.2 Å². The molecule has 4 rings (SSSR count). The summed E-state index contributed by atoms with van der Waals surface area (Å²) in [6.45, 7) is 3.97. The van der Waals surface area contributed by atoms with E-state index in [4.69, 9.17) is 9.15 Å². The fourth-order valence-corrected chi connectivity index (χ4v) is 3.24. The van der Waals surface area contributed by atoms with Gasteiger partial charge in [-0.3, -0.25) is 4.79 Å². The Hall–Kier alpha value is -3.60. The van der Waals surface area contributed by atoms with Gasteiger partial charge >= 0.3 is 0 Å². The first-order valence-corrected chi connectivity index (χ1v) is 9.49. The van der Waals surface area contributed by atoms with E-state index in [0.717, 1.165) is 33.5 Å². The van der Waals surface area contributed by atoms with Gasteiger partial charge < -0.3 is 14.5 Å². The SMILES string of the molecule is Cc1cc(C)cc(OCC(=O)Nc2ccc(Cc3nc4ccccc4o3)cc2)c1. The second kappa shape index (κ2) is 8.19. The van der Waals surface area contributed by atoms with E-state index >= 15 is 0 Å². The van der Waals surface area contributed by atoms with Crippen LogP contribution in [0.3, 0.4) is 0 Å². The average Bonchev–Trinajstić information content (AvgIpc) is 3.09. The van der Waals surface area contributed by atoms with E-state index in [1.54, 1.807) is 0 Å². The fraction of sp³-hybridized carbons (Fsp3) is 0.167. The lowest BCUT2D eigenvalue weighted by molar-refractivity contribution is -0.118. The number of para-hydroxylation sites is 2. The fourth-order valence-electron chi connectivity index (χ4n) is 3.24. The molecule has 0 aliphatic heterocycles. The number of fused-ring (bicyclic) bond motifs is 1. The van der Waals surface area contributed by atoms with Gasteiger partial charge in [0.2, 0.25) is 0 Å². The second-order valence-corrected chi connectivity index (χ2v) is 7.11. The number of hydrogen-bond acceptors (Lipinski definition) is 4. The number of nitrogens with one attached hydrogen (secondary N) is 1. The van der Waals surface area contributed by atoms with Crippen molar-refractivity contribution in [3.63, 3.8) is 0 Å². The zero-order valence-electron chi connectivity index (χ0n) is 16.4. The van der Waals surface area contributed by atoms with Gasteiger partial charge in [-0.1, -0.05) is 30.3 Å². The first-order chi connectivity index (χ1) is 14.0. The molecule has 1 heterocycles. The summed E-state index contributed by atoms with van der Waals surface area (Å²) < 4.78 is 11.4. The third kappa shape index (κ3) is 4.82. The summed E-state index contributed by atoms with van der Waals surface area (Å²) in [5, 5.41) is 2.85. The highest BCUT2D eigenvalue weighted by molar-refractivity contribution is 5.91. The van der Waals surface area contributed by atoms with Crippen LogP contribution in [0, 0.1) is 13.8 Å². The molecule has 146 valence electrons.